The zero-order valence-electron chi connectivity index (χ0n) is 14.4. The van der Waals surface area contributed by atoms with E-state index in [9.17, 15) is 0 Å². The minimum Gasteiger partial charge on any atom is -0.494 e. The van der Waals surface area contributed by atoms with Crippen molar-refractivity contribution in [2.75, 3.05) is 32.1 Å². The lowest BCUT2D eigenvalue weighted by atomic mass is 10.1. The fourth-order valence-electron chi connectivity index (χ4n) is 2.09. The predicted molar refractivity (Wildman–Crippen MR) is 92.5 cm³/mol. The average molecular weight is 292 g/mol. The molecule has 0 atom stereocenters. The van der Waals surface area contributed by atoms with Crippen LogP contribution in [0.3, 0.4) is 0 Å². The molecule has 0 amide bonds. The molecule has 1 aromatic carbocycles. The zero-order valence-corrected chi connectivity index (χ0v) is 14.4. The Hall–Kier alpha value is -1.22. The first kappa shape index (κ1) is 17.8. The van der Waals surface area contributed by atoms with Crippen molar-refractivity contribution >= 4 is 5.69 Å². The SMILES string of the molecule is CN(C)c1cccc(OCCCCCCNC(C)(C)C)c1. The van der Waals surface area contributed by atoms with Crippen LogP contribution in [0.1, 0.15) is 46.5 Å². The molecule has 1 N–H and O–H groups in total. The number of hydrogen-bond donors (Lipinski definition) is 1. The Kier molecular flexibility index (Phi) is 7.58. The van der Waals surface area contributed by atoms with E-state index in [0.717, 1.165) is 25.3 Å². The molecule has 0 saturated heterocycles. The molecule has 0 aliphatic rings. The predicted octanol–water partition coefficient (Wildman–Crippen LogP) is 4.08. The molecule has 0 aromatic heterocycles. The number of rotatable bonds is 9. The monoisotopic (exact) mass is 292 g/mol. The molecule has 3 heteroatoms. The molecule has 0 bridgehead atoms. The van der Waals surface area contributed by atoms with Crippen LogP contribution >= 0.6 is 0 Å². The second kappa shape index (κ2) is 8.93. The van der Waals surface area contributed by atoms with Gasteiger partial charge in [0.2, 0.25) is 0 Å². The van der Waals surface area contributed by atoms with Gasteiger partial charge in [0.05, 0.1) is 6.61 Å². The highest BCUT2D eigenvalue weighted by atomic mass is 16.5. The summed E-state index contributed by atoms with van der Waals surface area (Å²) in [6.45, 7) is 8.55. The third-order valence-electron chi connectivity index (χ3n) is 3.33. The molecular formula is C18H32N2O. The zero-order chi connectivity index (χ0) is 15.7. The number of ether oxygens (including phenoxy) is 1. The number of hydrogen-bond acceptors (Lipinski definition) is 3. The Morgan fingerprint density at radius 1 is 1.05 bits per heavy atom. The highest BCUT2D eigenvalue weighted by molar-refractivity contribution is 5.49. The molecule has 21 heavy (non-hydrogen) atoms. The Labute approximate surface area is 130 Å². The Balaban J connectivity index is 2.08. The van der Waals surface area contributed by atoms with Crippen molar-refractivity contribution in [3.63, 3.8) is 0 Å². The molecule has 0 radical (unpaired) electrons. The lowest BCUT2D eigenvalue weighted by molar-refractivity contribution is 0.304. The first-order valence-corrected chi connectivity index (χ1v) is 8.04. The Bertz CT molecular complexity index is 396. The Morgan fingerprint density at radius 2 is 1.76 bits per heavy atom. The summed E-state index contributed by atoms with van der Waals surface area (Å²) in [6.07, 6.45) is 4.87. The van der Waals surface area contributed by atoms with Gasteiger partial charge in [0.15, 0.2) is 0 Å². The van der Waals surface area contributed by atoms with Crippen LogP contribution in [0.2, 0.25) is 0 Å². The normalized spacial score (nSPS) is 11.5. The third kappa shape index (κ3) is 8.61. The van der Waals surface area contributed by atoms with Gasteiger partial charge >= 0.3 is 0 Å². The average Bonchev–Trinajstić information content (AvgIpc) is 2.41. The first-order valence-electron chi connectivity index (χ1n) is 8.04. The van der Waals surface area contributed by atoms with Gasteiger partial charge in [-0.25, -0.2) is 0 Å². The van der Waals surface area contributed by atoms with Gasteiger partial charge < -0.3 is 15.0 Å². The summed E-state index contributed by atoms with van der Waals surface area (Å²) in [4.78, 5) is 2.09. The molecule has 1 aromatic rings. The van der Waals surface area contributed by atoms with Crippen LogP contribution < -0.4 is 15.0 Å². The second-order valence-electron chi connectivity index (χ2n) is 6.83. The molecule has 0 spiro atoms. The van der Waals surface area contributed by atoms with Crippen molar-refractivity contribution in [2.24, 2.45) is 0 Å². The van der Waals surface area contributed by atoms with Gasteiger partial charge in [-0.1, -0.05) is 18.9 Å². The van der Waals surface area contributed by atoms with Gasteiger partial charge in [-0.2, -0.15) is 0 Å². The highest BCUT2D eigenvalue weighted by Crippen LogP contribution is 2.19. The maximum absolute atomic E-state index is 5.82. The Morgan fingerprint density at radius 3 is 2.43 bits per heavy atom. The molecule has 1 rings (SSSR count). The summed E-state index contributed by atoms with van der Waals surface area (Å²) in [7, 11) is 4.09. The summed E-state index contributed by atoms with van der Waals surface area (Å²) in [5, 5.41) is 3.52. The summed E-state index contributed by atoms with van der Waals surface area (Å²) in [6, 6.07) is 8.26. The maximum Gasteiger partial charge on any atom is 0.121 e. The standard InChI is InChI=1S/C18H32N2O/c1-18(2,3)19-13-8-6-7-9-14-21-17-12-10-11-16(15-17)20(4)5/h10-12,15,19H,6-9,13-14H2,1-5H3. The summed E-state index contributed by atoms with van der Waals surface area (Å²) < 4.78 is 5.82. The van der Waals surface area contributed by atoms with Crippen LogP contribution in [-0.4, -0.2) is 32.8 Å². The highest BCUT2D eigenvalue weighted by Gasteiger charge is 2.06. The van der Waals surface area contributed by atoms with E-state index >= 15 is 0 Å². The third-order valence-corrected chi connectivity index (χ3v) is 3.33. The fourth-order valence-corrected chi connectivity index (χ4v) is 2.09. The first-order chi connectivity index (χ1) is 9.88. The van der Waals surface area contributed by atoms with Crippen molar-refractivity contribution in [2.45, 2.75) is 52.0 Å². The van der Waals surface area contributed by atoms with Crippen molar-refractivity contribution in [3.05, 3.63) is 24.3 Å². The van der Waals surface area contributed by atoms with E-state index in [1.807, 2.05) is 26.2 Å². The lowest BCUT2D eigenvalue weighted by Crippen LogP contribution is -2.36. The van der Waals surface area contributed by atoms with Crippen molar-refractivity contribution < 1.29 is 4.74 Å². The number of nitrogens with zero attached hydrogens (tertiary/aromatic N) is 1. The minimum absolute atomic E-state index is 0.237. The summed E-state index contributed by atoms with van der Waals surface area (Å²) >= 11 is 0. The number of anilines is 1. The van der Waals surface area contributed by atoms with E-state index in [4.69, 9.17) is 4.74 Å². The second-order valence-corrected chi connectivity index (χ2v) is 6.83. The summed E-state index contributed by atoms with van der Waals surface area (Å²) in [5.74, 6) is 0.968. The van der Waals surface area contributed by atoms with Crippen LogP contribution in [0, 0.1) is 0 Å². The maximum atomic E-state index is 5.82. The topological polar surface area (TPSA) is 24.5 Å². The van der Waals surface area contributed by atoms with Crippen LogP contribution in [0.5, 0.6) is 5.75 Å². The van der Waals surface area contributed by atoms with Crippen LogP contribution in [0.15, 0.2) is 24.3 Å². The van der Waals surface area contributed by atoms with Crippen LogP contribution in [-0.2, 0) is 0 Å². The van der Waals surface area contributed by atoms with Crippen LogP contribution in [0.25, 0.3) is 0 Å². The summed E-state index contributed by atoms with van der Waals surface area (Å²) in [5.41, 5.74) is 1.42. The molecule has 0 unspecified atom stereocenters. The number of unbranched alkanes of at least 4 members (excludes halogenated alkanes) is 3. The molecule has 0 aliphatic heterocycles. The molecular weight excluding hydrogens is 260 g/mol. The van der Waals surface area contributed by atoms with Crippen molar-refractivity contribution in [1.29, 1.82) is 0 Å². The van der Waals surface area contributed by atoms with E-state index in [-0.39, 0.29) is 5.54 Å². The largest absolute Gasteiger partial charge is 0.494 e. The van der Waals surface area contributed by atoms with Gasteiger partial charge in [0, 0.05) is 31.4 Å². The van der Waals surface area contributed by atoms with Gasteiger partial charge in [-0.05, 0) is 52.3 Å². The quantitative estimate of drug-likeness (QED) is 0.694. The minimum atomic E-state index is 0.237. The van der Waals surface area contributed by atoms with E-state index in [1.165, 1.54) is 24.9 Å². The van der Waals surface area contributed by atoms with Gasteiger partial charge in [-0.3, -0.25) is 0 Å². The number of benzene rings is 1. The number of nitrogens with one attached hydrogen (secondary N) is 1. The van der Waals surface area contributed by atoms with Crippen LogP contribution in [0.4, 0.5) is 5.69 Å². The molecule has 0 saturated carbocycles. The van der Waals surface area contributed by atoms with E-state index in [2.05, 4.69) is 43.1 Å². The molecule has 0 heterocycles. The van der Waals surface area contributed by atoms with E-state index in [0.29, 0.717) is 0 Å². The fraction of sp³-hybridized carbons (Fsp3) is 0.667. The molecule has 3 nitrogen and oxygen atoms in total. The lowest BCUT2D eigenvalue weighted by Gasteiger charge is -2.20. The van der Waals surface area contributed by atoms with E-state index in [1.54, 1.807) is 0 Å². The smallest absolute Gasteiger partial charge is 0.121 e. The van der Waals surface area contributed by atoms with Gasteiger partial charge in [0.1, 0.15) is 5.75 Å². The molecule has 0 fully saturated rings. The van der Waals surface area contributed by atoms with E-state index < -0.39 is 0 Å². The van der Waals surface area contributed by atoms with Gasteiger partial charge in [-0.15, -0.1) is 0 Å². The van der Waals surface area contributed by atoms with Gasteiger partial charge in [0.25, 0.3) is 0 Å². The van der Waals surface area contributed by atoms with Crippen molar-refractivity contribution in [3.8, 4) is 5.75 Å². The molecule has 0 aliphatic carbocycles. The molecule has 120 valence electrons. The van der Waals surface area contributed by atoms with Crippen molar-refractivity contribution in [1.82, 2.24) is 5.32 Å².